The summed E-state index contributed by atoms with van der Waals surface area (Å²) in [5.74, 6) is 0.428. The van der Waals surface area contributed by atoms with Crippen LogP contribution >= 0.6 is 0 Å². The molecule has 0 aliphatic carbocycles. The van der Waals surface area contributed by atoms with Crippen molar-refractivity contribution >= 4 is 5.91 Å². The Morgan fingerprint density at radius 3 is 2.35 bits per heavy atom. The Morgan fingerprint density at radius 2 is 1.73 bits per heavy atom. The number of nitrogens with one attached hydrogen (secondary N) is 1. The van der Waals surface area contributed by atoms with Crippen molar-refractivity contribution in [1.29, 1.82) is 0 Å². The van der Waals surface area contributed by atoms with Gasteiger partial charge < -0.3 is 14.6 Å². The summed E-state index contributed by atoms with van der Waals surface area (Å²) in [7, 11) is 1.63. The second kappa shape index (κ2) is 8.34. The number of nitrogens with zero attached hydrogens (tertiary/aromatic N) is 1. The molecule has 3 rings (SSSR count). The molecule has 134 valence electrons. The number of methoxy groups -OCH3 is 1. The predicted molar refractivity (Wildman–Crippen MR) is 98.4 cm³/mol. The molecule has 5 heteroatoms. The maximum Gasteiger partial charge on any atom is 0.222 e. The van der Waals surface area contributed by atoms with Crippen LogP contribution in [-0.4, -0.2) is 17.6 Å². The van der Waals surface area contributed by atoms with Gasteiger partial charge in [-0.05, 0) is 47.5 Å². The van der Waals surface area contributed by atoms with Crippen molar-refractivity contribution in [3.8, 4) is 5.75 Å². The van der Waals surface area contributed by atoms with E-state index in [1.54, 1.807) is 19.2 Å². The molecule has 1 amide bonds. The number of aromatic nitrogens is 1. The molecule has 0 aliphatic rings. The summed E-state index contributed by atoms with van der Waals surface area (Å²) in [5.41, 5.74) is 1.89. The molecule has 0 spiro atoms. The first-order chi connectivity index (χ1) is 12.7. The van der Waals surface area contributed by atoms with Crippen molar-refractivity contribution in [3.63, 3.8) is 0 Å². The highest BCUT2D eigenvalue weighted by atomic mass is 19.1. The Bertz CT molecular complexity index is 827. The van der Waals surface area contributed by atoms with Crippen LogP contribution in [0.4, 0.5) is 4.39 Å². The zero-order valence-corrected chi connectivity index (χ0v) is 14.6. The van der Waals surface area contributed by atoms with Crippen LogP contribution in [0.25, 0.3) is 0 Å². The fourth-order valence-corrected chi connectivity index (χ4v) is 2.83. The molecular formula is C21H21FN2O2. The molecule has 0 fully saturated rings. The Hall–Kier alpha value is -3.08. The summed E-state index contributed by atoms with van der Waals surface area (Å²) < 4.78 is 20.2. The van der Waals surface area contributed by atoms with E-state index in [9.17, 15) is 9.18 Å². The standard InChI is InChI=1S/C21H21FN2O2/c1-26-19-10-6-17(7-11-19)20(24-12-2-3-13-24)14-21(25)23-15-16-4-8-18(22)9-5-16/h2-13,20H,14-15H2,1H3,(H,23,25). The zero-order valence-electron chi connectivity index (χ0n) is 14.6. The maximum atomic E-state index is 13.0. The number of halogens is 1. The van der Waals surface area contributed by atoms with Crippen LogP contribution in [0.15, 0.2) is 73.1 Å². The average Bonchev–Trinajstić information content (AvgIpc) is 3.20. The summed E-state index contributed by atoms with van der Waals surface area (Å²) in [6.45, 7) is 0.375. The fourth-order valence-electron chi connectivity index (χ4n) is 2.83. The van der Waals surface area contributed by atoms with Gasteiger partial charge in [-0.25, -0.2) is 4.39 Å². The van der Waals surface area contributed by atoms with Crippen LogP contribution in [0.1, 0.15) is 23.6 Å². The quantitative estimate of drug-likeness (QED) is 0.700. The second-order valence-corrected chi connectivity index (χ2v) is 6.03. The molecule has 1 heterocycles. The number of carbonyl (C=O) groups excluding carboxylic acids is 1. The predicted octanol–water partition coefficient (Wildman–Crippen LogP) is 3.93. The summed E-state index contributed by atoms with van der Waals surface area (Å²) in [6, 6.07) is 17.6. The third-order valence-corrected chi connectivity index (χ3v) is 4.27. The third-order valence-electron chi connectivity index (χ3n) is 4.27. The van der Waals surface area contributed by atoms with Gasteiger partial charge in [-0.3, -0.25) is 4.79 Å². The summed E-state index contributed by atoms with van der Waals surface area (Å²) >= 11 is 0. The van der Waals surface area contributed by atoms with E-state index in [-0.39, 0.29) is 17.8 Å². The number of ether oxygens (including phenoxy) is 1. The Kier molecular flexibility index (Phi) is 5.69. The van der Waals surface area contributed by atoms with E-state index >= 15 is 0 Å². The molecule has 0 saturated carbocycles. The highest BCUT2D eigenvalue weighted by molar-refractivity contribution is 5.76. The van der Waals surface area contributed by atoms with Crippen LogP contribution in [0, 0.1) is 5.82 Å². The zero-order chi connectivity index (χ0) is 18.4. The lowest BCUT2D eigenvalue weighted by Gasteiger charge is -2.19. The van der Waals surface area contributed by atoms with Crippen molar-refractivity contribution in [3.05, 3.63) is 90.0 Å². The molecule has 0 aliphatic heterocycles. The largest absolute Gasteiger partial charge is 0.497 e. The minimum Gasteiger partial charge on any atom is -0.497 e. The molecule has 1 N–H and O–H groups in total. The Labute approximate surface area is 152 Å². The van der Waals surface area contributed by atoms with Gasteiger partial charge in [-0.15, -0.1) is 0 Å². The van der Waals surface area contributed by atoms with Gasteiger partial charge in [0.05, 0.1) is 19.6 Å². The highest BCUT2D eigenvalue weighted by Gasteiger charge is 2.17. The first kappa shape index (κ1) is 17.7. The van der Waals surface area contributed by atoms with E-state index in [0.717, 1.165) is 16.9 Å². The van der Waals surface area contributed by atoms with Gasteiger partial charge in [0.25, 0.3) is 0 Å². The van der Waals surface area contributed by atoms with Crippen LogP contribution in [0.2, 0.25) is 0 Å². The minimum atomic E-state index is -0.285. The molecule has 26 heavy (non-hydrogen) atoms. The first-order valence-corrected chi connectivity index (χ1v) is 8.43. The van der Waals surface area contributed by atoms with Crippen molar-refractivity contribution < 1.29 is 13.9 Å². The Morgan fingerprint density at radius 1 is 1.08 bits per heavy atom. The second-order valence-electron chi connectivity index (χ2n) is 6.03. The molecule has 2 aromatic carbocycles. The molecule has 0 saturated heterocycles. The molecule has 1 atom stereocenters. The van der Waals surface area contributed by atoms with Crippen LogP contribution < -0.4 is 10.1 Å². The van der Waals surface area contributed by atoms with Crippen molar-refractivity contribution in [1.82, 2.24) is 9.88 Å². The summed E-state index contributed by atoms with van der Waals surface area (Å²) in [5, 5.41) is 2.90. The van der Waals surface area contributed by atoms with E-state index in [4.69, 9.17) is 4.74 Å². The highest BCUT2D eigenvalue weighted by Crippen LogP contribution is 2.24. The molecular weight excluding hydrogens is 331 g/mol. The van der Waals surface area contributed by atoms with E-state index in [1.165, 1.54) is 12.1 Å². The van der Waals surface area contributed by atoms with E-state index in [1.807, 2.05) is 53.4 Å². The summed E-state index contributed by atoms with van der Waals surface area (Å²) in [6.07, 6.45) is 4.20. The number of hydrogen-bond acceptors (Lipinski definition) is 2. The number of carbonyl (C=O) groups is 1. The van der Waals surface area contributed by atoms with Gasteiger partial charge in [0.2, 0.25) is 5.91 Å². The summed E-state index contributed by atoms with van der Waals surface area (Å²) in [4.78, 5) is 12.5. The molecule has 1 unspecified atom stereocenters. The topological polar surface area (TPSA) is 43.3 Å². The first-order valence-electron chi connectivity index (χ1n) is 8.43. The van der Waals surface area contributed by atoms with Gasteiger partial charge in [0.1, 0.15) is 11.6 Å². The van der Waals surface area contributed by atoms with Gasteiger partial charge in [-0.2, -0.15) is 0 Å². The van der Waals surface area contributed by atoms with Gasteiger partial charge in [0, 0.05) is 18.9 Å². The third kappa shape index (κ3) is 4.51. The molecule has 0 radical (unpaired) electrons. The van der Waals surface area contributed by atoms with E-state index in [0.29, 0.717) is 13.0 Å². The lowest BCUT2D eigenvalue weighted by Crippen LogP contribution is -2.26. The fraction of sp³-hybridized carbons (Fsp3) is 0.190. The maximum absolute atomic E-state index is 13.0. The smallest absolute Gasteiger partial charge is 0.222 e. The lowest BCUT2D eigenvalue weighted by molar-refractivity contribution is -0.121. The normalized spacial score (nSPS) is 11.8. The Balaban J connectivity index is 1.69. The monoisotopic (exact) mass is 352 g/mol. The molecule has 1 aromatic heterocycles. The van der Waals surface area contributed by atoms with Crippen molar-refractivity contribution in [2.24, 2.45) is 0 Å². The van der Waals surface area contributed by atoms with Crippen LogP contribution in [-0.2, 0) is 11.3 Å². The number of benzene rings is 2. The van der Waals surface area contributed by atoms with Crippen molar-refractivity contribution in [2.75, 3.05) is 7.11 Å². The van der Waals surface area contributed by atoms with Crippen molar-refractivity contribution in [2.45, 2.75) is 19.0 Å². The van der Waals surface area contributed by atoms with Gasteiger partial charge in [-0.1, -0.05) is 24.3 Å². The number of amides is 1. The average molecular weight is 352 g/mol. The number of hydrogen-bond donors (Lipinski definition) is 1. The van der Waals surface area contributed by atoms with E-state index in [2.05, 4.69) is 5.32 Å². The van der Waals surface area contributed by atoms with Gasteiger partial charge in [0.15, 0.2) is 0 Å². The lowest BCUT2D eigenvalue weighted by atomic mass is 10.0. The number of rotatable bonds is 7. The molecule has 4 nitrogen and oxygen atoms in total. The van der Waals surface area contributed by atoms with Crippen LogP contribution in [0.3, 0.4) is 0 Å². The molecule has 3 aromatic rings. The van der Waals surface area contributed by atoms with E-state index < -0.39 is 0 Å². The SMILES string of the molecule is COc1ccc(C(CC(=O)NCc2ccc(F)cc2)n2cccc2)cc1. The minimum absolute atomic E-state index is 0.0659. The molecule has 0 bridgehead atoms. The van der Waals surface area contributed by atoms with Gasteiger partial charge >= 0.3 is 0 Å². The van der Waals surface area contributed by atoms with Crippen LogP contribution in [0.5, 0.6) is 5.75 Å².